The predicted octanol–water partition coefficient (Wildman–Crippen LogP) is 1.98. The Morgan fingerprint density at radius 2 is 1.95 bits per heavy atom. The van der Waals surface area contributed by atoms with Crippen LogP contribution in [0.25, 0.3) is 0 Å². The average molecular weight is 296 g/mol. The van der Waals surface area contributed by atoms with Gasteiger partial charge in [0.2, 0.25) is 11.9 Å². The molecule has 1 heterocycles. The summed E-state index contributed by atoms with van der Waals surface area (Å²) in [4.78, 5) is 10.8. The van der Waals surface area contributed by atoms with Crippen molar-refractivity contribution in [3.63, 3.8) is 0 Å². The number of rotatable bonds is 1. The van der Waals surface area contributed by atoms with E-state index in [1.54, 1.807) is 6.07 Å². The zero-order valence-electron chi connectivity index (χ0n) is 12.7. The van der Waals surface area contributed by atoms with Gasteiger partial charge >= 0.3 is 0 Å². The largest absolute Gasteiger partial charge is 0.369 e. The SMILES string of the molecule is Cc1ccc(C#N)cc1N1C(N)=NC(N)=NC12CCCCC2. The van der Waals surface area contributed by atoms with Gasteiger partial charge in [-0.15, -0.1) is 0 Å². The number of anilines is 1. The predicted molar refractivity (Wildman–Crippen MR) is 87.4 cm³/mol. The third-order valence-electron chi connectivity index (χ3n) is 4.43. The maximum absolute atomic E-state index is 9.18. The minimum Gasteiger partial charge on any atom is -0.369 e. The Labute approximate surface area is 130 Å². The maximum Gasteiger partial charge on any atom is 0.220 e. The number of aliphatic imine (C=N–C) groups is 2. The second-order valence-corrected chi connectivity index (χ2v) is 5.93. The molecule has 0 atom stereocenters. The van der Waals surface area contributed by atoms with Crippen LogP contribution in [0, 0.1) is 18.3 Å². The third kappa shape index (κ3) is 2.29. The number of hydrogen-bond donors (Lipinski definition) is 2. The smallest absolute Gasteiger partial charge is 0.220 e. The van der Waals surface area contributed by atoms with Gasteiger partial charge in [0.15, 0.2) is 0 Å². The van der Waals surface area contributed by atoms with Crippen LogP contribution in [0.2, 0.25) is 0 Å². The summed E-state index contributed by atoms with van der Waals surface area (Å²) in [6.07, 6.45) is 5.13. The van der Waals surface area contributed by atoms with E-state index in [-0.39, 0.29) is 5.96 Å². The van der Waals surface area contributed by atoms with Crippen LogP contribution in [0.15, 0.2) is 28.2 Å². The minimum atomic E-state index is -0.465. The number of nitrogens with zero attached hydrogens (tertiary/aromatic N) is 4. The van der Waals surface area contributed by atoms with E-state index in [4.69, 9.17) is 11.5 Å². The lowest BCUT2D eigenvalue weighted by molar-refractivity contribution is 0.305. The van der Waals surface area contributed by atoms with Crippen molar-refractivity contribution in [1.29, 1.82) is 5.26 Å². The first-order valence-electron chi connectivity index (χ1n) is 7.56. The van der Waals surface area contributed by atoms with Crippen molar-refractivity contribution in [3.05, 3.63) is 29.3 Å². The molecule has 1 saturated carbocycles. The highest BCUT2D eigenvalue weighted by atomic mass is 15.4. The lowest BCUT2D eigenvalue weighted by atomic mass is 9.87. The highest BCUT2D eigenvalue weighted by molar-refractivity contribution is 6.06. The van der Waals surface area contributed by atoms with Crippen LogP contribution in [0.3, 0.4) is 0 Å². The number of nitriles is 1. The Morgan fingerprint density at radius 1 is 1.23 bits per heavy atom. The molecule has 0 amide bonds. The molecule has 4 N–H and O–H groups in total. The van der Waals surface area contributed by atoms with E-state index in [0.717, 1.165) is 36.9 Å². The first-order valence-corrected chi connectivity index (χ1v) is 7.56. The Kier molecular flexibility index (Phi) is 3.49. The highest BCUT2D eigenvalue weighted by Crippen LogP contribution is 2.40. The Balaban J connectivity index is 2.14. The van der Waals surface area contributed by atoms with Crippen molar-refractivity contribution >= 4 is 17.6 Å². The van der Waals surface area contributed by atoms with Gasteiger partial charge in [-0.3, -0.25) is 4.90 Å². The Morgan fingerprint density at radius 3 is 2.64 bits per heavy atom. The van der Waals surface area contributed by atoms with Crippen LogP contribution < -0.4 is 16.4 Å². The molecule has 1 aromatic carbocycles. The fraction of sp³-hybridized carbons (Fsp3) is 0.438. The first-order chi connectivity index (χ1) is 10.6. The summed E-state index contributed by atoms with van der Waals surface area (Å²) in [7, 11) is 0. The summed E-state index contributed by atoms with van der Waals surface area (Å²) in [5.41, 5.74) is 14.1. The Bertz CT molecular complexity index is 691. The van der Waals surface area contributed by atoms with Gasteiger partial charge in [0.25, 0.3) is 0 Å². The van der Waals surface area contributed by atoms with Crippen molar-refractivity contribution in [2.24, 2.45) is 21.5 Å². The number of nitrogens with two attached hydrogens (primary N) is 2. The molecule has 1 fully saturated rings. The van der Waals surface area contributed by atoms with Crippen LogP contribution in [0.4, 0.5) is 5.69 Å². The molecule has 2 aliphatic rings. The summed E-state index contributed by atoms with van der Waals surface area (Å²) in [6.45, 7) is 2.00. The van der Waals surface area contributed by atoms with Crippen LogP contribution in [0.5, 0.6) is 0 Å². The maximum atomic E-state index is 9.18. The molecular weight excluding hydrogens is 276 g/mol. The number of benzene rings is 1. The van der Waals surface area contributed by atoms with Crippen molar-refractivity contribution in [2.45, 2.75) is 44.7 Å². The molecule has 22 heavy (non-hydrogen) atoms. The van der Waals surface area contributed by atoms with E-state index in [1.165, 1.54) is 6.42 Å². The van der Waals surface area contributed by atoms with E-state index >= 15 is 0 Å². The van der Waals surface area contributed by atoms with Crippen molar-refractivity contribution in [1.82, 2.24) is 0 Å². The molecule has 114 valence electrons. The van der Waals surface area contributed by atoms with Crippen molar-refractivity contribution in [2.75, 3.05) is 4.90 Å². The van der Waals surface area contributed by atoms with E-state index in [0.29, 0.717) is 11.5 Å². The van der Waals surface area contributed by atoms with Crippen LogP contribution in [0.1, 0.15) is 43.2 Å². The molecule has 3 rings (SSSR count). The molecular formula is C16H20N6. The van der Waals surface area contributed by atoms with Gasteiger partial charge in [-0.2, -0.15) is 10.3 Å². The molecule has 1 aromatic rings. The molecule has 0 aromatic heterocycles. The summed E-state index contributed by atoms with van der Waals surface area (Å²) >= 11 is 0. The van der Waals surface area contributed by atoms with Crippen molar-refractivity contribution < 1.29 is 0 Å². The molecule has 6 nitrogen and oxygen atoms in total. The third-order valence-corrected chi connectivity index (χ3v) is 4.43. The second kappa shape index (κ2) is 5.34. The normalized spacial score (nSPS) is 20.3. The summed E-state index contributed by atoms with van der Waals surface area (Å²) < 4.78 is 0. The molecule has 1 aliphatic heterocycles. The van der Waals surface area contributed by atoms with Gasteiger partial charge in [0.05, 0.1) is 17.3 Å². The molecule has 0 unspecified atom stereocenters. The molecule has 0 saturated heterocycles. The lowest BCUT2D eigenvalue weighted by Gasteiger charge is -2.46. The topological polar surface area (TPSA) is 104 Å². The summed E-state index contributed by atoms with van der Waals surface area (Å²) in [6, 6.07) is 7.77. The van der Waals surface area contributed by atoms with Gasteiger partial charge in [-0.05, 0) is 50.3 Å². The van der Waals surface area contributed by atoms with E-state index in [1.807, 2.05) is 24.0 Å². The van der Waals surface area contributed by atoms with E-state index < -0.39 is 5.66 Å². The summed E-state index contributed by atoms with van der Waals surface area (Å²) in [5, 5.41) is 9.18. The van der Waals surface area contributed by atoms with Crippen LogP contribution in [-0.2, 0) is 0 Å². The van der Waals surface area contributed by atoms with Gasteiger partial charge in [0.1, 0.15) is 5.66 Å². The fourth-order valence-electron chi connectivity index (χ4n) is 3.39. The Hall–Kier alpha value is -2.55. The monoisotopic (exact) mass is 296 g/mol. The zero-order valence-corrected chi connectivity index (χ0v) is 12.7. The minimum absolute atomic E-state index is 0.241. The number of aryl methyl sites for hydroxylation is 1. The zero-order chi connectivity index (χ0) is 15.7. The quantitative estimate of drug-likeness (QED) is 0.826. The van der Waals surface area contributed by atoms with Gasteiger partial charge < -0.3 is 11.5 Å². The molecule has 1 aliphatic carbocycles. The van der Waals surface area contributed by atoms with Crippen LogP contribution >= 0.6 is 0 Å². The van der Waals surface area contributed by atoms with Gasteiger partial charge in [-0.25, -0.2) is 4.99 Å². The molecule has 1 spiro atoms. The first kappa shape index (κ1) is 14.4. The fourth-order valence-corrected chi connectivity index (χ4v) is 3.39. The number of hydrogen-bond acceptors (Lipinski definition) is 6. The van der Waals surface area contributed by atoms with Gasteiger partial charge in [-0.1, -0.05) is 12.5 Å². The second-order valence-electron chi connectivity index (χ2n) is 5.93. The molecule has 0 bridgehead atoms. The van der Waals surface area contributed by atoms with Crippen molar-refractivity contribution in [3.8, 4) is 6.07 Å². The van der Waals surface area contributed by atoms with Gasteiger partial charge in [0, 0.05) is 0 Å². The lowest BCUT2D eigenvalue weighted by Crippen LogP contribution is -2.58. The van der Waals surface area contributed by atoms with E-state index in [2.05, 4.69) is 16.1 Å². The average Bonchev–Trinajstić information content (AvgIpc) is 2.49. The standard InChI is InChI=1S/C16H20N6/c1-11-5-6-12(10-17)9-13(11)22-15(19)20-14(18)21-16(22)7-3-2-4-8-16/h5-6,9H,2-4,7-8H2,1H3,(H4,18,19,20,21). The molecule has 0 radical (unpaired) electrons. The summed E-state index contributed by atoms with van der Waals surface area (Å²) in [5.74, 6) is 0.595. The molecule has 6 heteroatoms. The highest BCUT2D eigenvalue weighted by Gasteiger charge is 2.43. The number of guanidine groups is 2. The van der Waals surface area contributed by atoms with Crippen LogP contribution in [-0.4, -0.2) is 17.6 Å². The van der Waals surface area contributed by atoms with E-state index in [9.17, 15) is 5.26 Å².